The van der Waals surface area contributed by atoms with Gasteiger partial charge in [0.15, 0.2) is 11.0 Å². The highest BCUT2D eigenvalue weighted by Gasteiger charge is 2.34. The molecule has 252 valence electrons. The van der Waals surface area contributed by atoms with Gasteiger partial charge >= 0.3 is 18.6 Å². The van der Waals surface area contributed by atoms with Gasteiger partial charge in [-0.25, -0.2) is 14.5 Å². The van der Waals surface area contributed by atoms with E-state index in [1.165, 1.54) is 42.4 Å². The number of thioether (sulfide) groups is 1. The number of rotatable bonds is 9. The number of carbonyl (C=O) groups excluding carboxylic acids is 2. The molecular formula is C30H24F6N6O5S. The molecular weight excluding hydrogens is 670 g/mol. The number of alkyl halides is 6. The van der Waals surface area contributed by atoms with Crippen LogP contribution in [-0.2, 0) is 4.79 Å². The highest BCUT2D eigenvalue weighted by Crippen LogP contribution is 2.36. The number of benzene rings is 3. The van der Waals surface area contributed by atoms with Gasteiger partial charge in [0.25, 0.3) is 0 Å². The summed E-state index contributed by atoms with van der Waals surface area (Å²) < 4.78 is 91.4. The van der Waals surface area contributed by atoms with E-state index in [2.05, 4.69) is 25.1 Å². The van der Waals surface area contributed by atoms with E-state index in [0.29, 0.717) is 16.8 Å². The fourth-order valence-electron chi connectivity index (χ4n) is 4.37. The number of nitrogens with zero attached hydrogens (tertiary/aromatic N) is 5. The van der Waals surface area contributed by atoms with E-state index in [1.54, 1.807) is 31.2 Å². The molecule has 1 fully saturated rings. The first-order chi connectivity index (χ1) is 22.7. The second kappa shape index (κ2) is 13.8. The Labute approximate surface area is 272 Å². The third-order valence-electron chi connectivity index (χ3n) is 6.49. The van der Waals surface area contributed by atoms with Crippen molar-refractivity contribution in [1.29, 1.82) is 0 Å². The predicted molar refractivity (Wildman–Crippen MR) is 164 cm³/mol. The molecule has 1 aliphatic rings. The molecule has 0 spiro atoms. The van der Waals surface area contributed by atoms with Gasteiger partial charge in [-0.2, -0.15) is 18.2 Å². The lowest BCUT2D eigenvalue weighted by atomic mass is 10.2. The highest BCUT2D eigenvalue weighted by atomic mass is 32.2. The number of nitrogens with one attached hydrogen (secondary N) is 1. The van der Waals surface area contributed by atoms with Crippen molar-refractivity contribution in [2.45, 2.75) is 25.9 Å². The Morgan fingerprint density at radius 1 is 1.02 bits per heavy atom. The van der Waals surface area contributed by atoms with Gasteiger partial charge in [-0.1, -0.05) is 17.8 Å². The van der Waals surface area contributed by atoms with Gasteiger partial charge in [0, 0.05) is 5.56 Å². The van der Waals surface area contributed by atoms with Gasteiger partial charge in [0.2, 0.25) is 5.91 Å². The molecule has 5 rings (SSSR count). The standard InChI is InChI=1S/C30H24F6N6O5S/c1-17-3-10-23(46-12-11-29(31,32)33)22(13-17)42-25(43)15-48-28(42)39-27(44)38-21-9-4-18(14-24(21)45-2)26-37-16-41(40-26)19-5-7-20(8-6-19)47-30(34,35)36/h3-10,13-14,16H,11-12,15H2,1-2H3,(H,38,44)/b39-28-. The van der Waals surface area contributed by atoms with E-state index in [4.69, 9.17) is 9.47 Å². The Morgan fingerprint density at radius 2 is 1.77 bits per heavy atom. The first-order valence-electron chi connectivity index (χ1n) is 13.8. The molecule has 3 amide bonds. The number of aromatic nitrogens is 3. The summed E-state index contributed by atoms with van der Waals surface area (Å²) in [5, 5.41) is 6.93. The monoisotopic (exact) mass is 694 g/mol. The van der Waals surface area contributed by atoms with Crippen LogP contribution in [0.15, 0.2) is 72.0 Å². The van der Waals surface area contributed by atoms with Crippen molar-refractivity contribution in [2.24, 2.45) is 4.99 Å². The molecule has 11 nitrogen and oxygen atoms in total. The van der Waals surface area contributed by atoms with Crippen LogP contribution in [0.25, 0.3) is 17.1 Å². The van der Waals surface area contributed by atoms with Crippen molar-refractivity contribution in [3.05, 3.63) is 72.6 Å². The van der Waals surface area contributed by atoms with Crippen LogP contribution in [0.4, 0.5) is 42.5 Å². The van der Waals surface area contributed by atoms with Gasteiger partial charge in [-0.15, -0.1) is 18.3 Å². The van der Waals surface area contributed by atoms with E-state index in [0.717, 1.165) is 28.8 Å². The summed E-state index contributed by atoms with van der Waals surface area (Å²) in [4.78, 5) is 35.2. The Bertz CT molecular complexity index is 1850. The maximum Gasteiger partial charge on any atom is 0.573 e. The molecule has 4 aromatic rings. The zero-order valence-electron chi connectivity index (χ0n) is 24.9. The fourth-order valence-corrected chi connectivity index (χ4v) is 5.22. The first-order valence-corrected chi connectivity index (χ1v) is 14.8. The van der Waals surface area contributed by atoms with E-state index < -0.39 is 43.3 Å². The molecule has 0 radical (unpaired) electrons. The number of ether oxygens (including phenoxy) is 3. The number of hydrogen-bond acceptors (Lipinski definition) is 8. The highest BCUT2D eigenvalue weighted by molar-refractivity contribution is 8.15. The Balaban J connectivity index is 1.31. The second-order valence-electron chi connectivity index (χ2n) is 10.00. The van der Waals surface area contributed by atoms with Crippen LogP contribution in [0, 0.1) is 6.92 Å². The third-order valence-corrected chi connectivity index (χ3v) is 7.41. The lowest BCUT2D eigenvalue weighted by molar-refractivity contribution is -0.274. The van der Waals surface area contributed by atoms with Crippen LogP contribution in [-0.4, -0.2) is 63.9 Å². The van der Waals surface area contributed by atoms with Crippen molar-refractivity contribution in [1.82, 2.24) is 14.8 Å². The quantitative estimate of drug-likeness (QED) is 0.184. The van der Waals surface area contributed by atoms with E-state index in [1.807, 2.05) is 0 Å². The minimum atomic E-state index is -4.82. The molecule has 1 saturated heterocycles. The lowest BCUT2D eigenvalue weighted by Gasteiger charge is -2.21. The van der Waals surface area contributed by atoms with Gasteiger partial charge in [-0.05, 0) is 67.1 Å². The molecule has 0 atom stereocenters. The summed E-state index contributed by atoms with van der Waals surface area (Å²) in [6.07, 6.45) is -9.08. The summed E-state index contributed by atoms with van der Waals surface area (Å²) in [5.41, 5.74) is 1.95. The number of hydrogen-bond donors (Lipinski definition) is 1. The summed E-state index contributed by atoms with van der Waals surface area (Å²) in [7, 11) is 1.36. The van der Waals surface area contributed by atoms with Crippen LogP contribution in [0.1, 0.15) is 12.0 Å². The molecule has 0 saturated carbocycles. The first kappa shape index (κ1) is 34.1. The SMILES string of the molecule is COc1cc(-c2ncn(-c3ccc(OC(F)(F)F)cc3)n2)ccc1NC(=O)/N=C1\SCC(=O)N1c1cc(C)ccc1OCCC(F)(F)F. The van der Waals surface area contributed by atoms with Crippen molar-refractivity contribution < 1.29 is 50.1 Å². The number of urea groups is 1. The van der Waals surface area contributed by atoms with Crippen molar-refractivity contribution in [3.63, 3.8) is 0 Å². The minimum absolute atomic E-state index is 0.00732. The summed E-state index contributed by atoms with van der Waals surface area (Å²) in [5.74, 6) is -0.432. The lowest BCUT2D eigenvalue weighted by Crippen LogP contribution is -2.31. The number of anilines is 2. The number of methoxy groups -OCH3 is 1. The van der Waals surface area contributed by atoms with Crippen molar-refractivity contribution >= 4 is 40.2 Å². The van der Waals surface area contributed by atoms with Crippen molar-refractivity contribution in [2.75, 3.05) is 29.7 Å². The van der Waals surface area contributed by atoms with E-state index in [-0.39, 0.29) is 39.6 Å². The number of aliphatic imine (C=N–C) groups is 1. The average molecular weight is 695 g/mol. The van der Waals surface area contributed by atoms with E-state index >= 15 is 0 Å². The van der Waals surface area contributed by atoms with Gasteiger partial charge in [0.1, 0.15) is 23.6 Å². The van der Waals surface area contributed by atoms with Crippen LogP contribution in [0.2, 0.25) is 0 Å². The molecule has 1 aliphatic heterocycles. The smallest absolute Gasteiger partial charge is 0.495 e. The summed E-state index contributed by atoms with van der Waals surface area (Å²) in [6, 6.07) is 13.4. The predicted octanol–water partition coefficient (Wildman–Crippen LogP) is 7.15. The normalized spacial score (nSPS) is 14.4. The average Bonchev–Trinajstić information content (AvgIpc) is 3.64. The molecule has 1 N–H and O–H groups in total. The Morgan fingerprint density at radius 3 is 2.46 bits per heavy atom. The number of carbonyl (C=O) groups is 2. The number of aryl methyl sites for hydroxylation is 1. The van der Waals surface area contributed by atoms with Gasteiger partial charge in [0.05, 0.1) is 43.0 Å². The molecule has 0 bridgehead atoms. The maximum absolute atomic E-state index is 13.0. The molecule has 0 aliphatic carbocycles. The zero-order chi connectivity index (χ0) is 34.6. The van der Waals surface area contributed by atoms with Crippen LogP contribution >= 0.6 is 11.8 Å². The summed E-state index contributed by atoms with van der Waals surface area (Å²) >= 11 is 0.971. The number of amides is 3. The number of halogens is 6. The van der Waals surface area contributed by atoms with E-state index in [9.17, 15) is 35.9 Å². The Kier molecular flexibility index (Phi) is 9.83. The molecule has 3 aromatic carbocycles. The third kappa shape index (κ3) is 8.55. The maximum atomic E-state index is 13.0. The molecule has 1 aromatic heterocycles. The van der Waals surface area contributed by atoms with Gasteiger partial charge in [-0.3, -0.25) is 9.69 Å². The van der Waals surface area contributed by atoms with Crippen molar-refractivity contribution in [3.8, 4) is 34.3 Å². The molecule has 18 heteroatoms. The van der Waals surface area contributed by atoms with Crippen LogP contribution < -0.4 is 24.4 Å². The molecule has 0 unspecified atom stereocenters. The fraction of sp³-hybridized carbons (Fsp3) is 0.233. The minimum Gasteiger partial charge on any atom is -0.495 e. The largest absolute Gasteiger partial charge is 0.573 e. The Hall–Kier alpha value is -5.26. The number of amidine groups is 1. The second-order valence-corrected chi connectivity index (χ2v) is 10.9. The van der Waals surface area contributed by atoms with Crippen LogP contribution in [0.5, 0.6) is 17.2 Å². The van der Waals surface area contributed by atoms with Crippen LogP contribution in [0.3, 0.4) is 0 Å². The zero-order valence-corrected chi connectivity index (χ0v) is 25.7. The van der Waals surface area contributed by atoms with Gasteiger partial charge < -0.3 is 19.5 Å². The molecule has 2 heterocycles. The molecule has 48 heavy (non-hydrogen) atoms. The summed E-state index contributed by atoms with van der Waals surface area (Å²) in [6.45, 7) is 1.06. The topological polar surface area (TPSA) is 120 Å².